The highest BCUT2D eigenvalue weighted by Crippen LogP contribution is 2.28. The summed E-state index contributed by atoms with van der Waals surface area (Å²) in [4.78, 5) is 7.42. The molecule has 2 N–H and O–H groups in total. The van der Waals surface area contributed by atoms with E-state index in [2.05, 4.69) is 39.6 Å². The maximum absolute atomic E-state index is 4.27. The van der Waals surface area contributed by atoms with Gasteiger partial charge in [0.05, 0.1) is 0 Å². The van der Waals surface area contributed by atoms with E-state index in [9.17, 15) is 0 Å². The molecule has 0 saturated carbocycles. The molecule has 0 spiro atoms. The van der Waals surface area contributed by atoms with Gasteiger partial charge in [-0.05, 0) is 30.4 Å². The van der Waals surface area contributed by atoms with Gasteiger partial charge in [0.15, 0.2) is 0 Å². The SMILES string of the molecule is c1ccc2c(c1)CCCCC2NCCc1ncc[nH]1. The van der Waals surface area contributed by atoms with E-state index in [-0.39, 0.29) is 0 Å². The standard InChI is InChI=1S/C16H21N3/c1-3-7-14-13(5-1)6-2-4-8-15(14)17-10-9-16-18-11-12-19-16/h1,3,5,7,11-12,15,17H,2,4,6,8-10H2,(H,18,19). The van der Waals surface area contributed by atoms with Gasteiger partial charge < -0.3 is 10.3 Å². The van der Waals surface area contributed by atoms with Crippen LogP contribution in [0.15, 0.2) is 36.7 Å². The Morgan fingerprint density at radius 2 is 2.21 bits per heavy atom. The van der Waals surface area contributed by atoms with Crippen molar-refractivity contribution < 1.29 is 0 Å². The second-order valence-electron chi connectivity index (χ2n) is 5.24. The summed E-state index contributed by atoms with van der Waals surface area (Å²) in [6.45, 7) is 0.979. The van der Waals surface area contributed by atoms with E-state index in [4.69, 9.17) is 0 Å². The molecule has 1 heterocycles. The summed E-state index contributed by atoms with van der Waals surface area (Å²) in [5.41, 5.74) is 3.02. The summed E-state index contributed by atoms with van der Waals surface area (Å²) in [6.07, 6.45) is 9.76. The second-order valence-corrected chi connectivity index (χ2v) is 5.24. The zero-order valence-electron chi connectivity index (χ0n) is 11.2. The minimum atomic E-state index is 0.508. The number of rotatable bonds is 4. The van der Waals surface area contributed by atoms with Gasteiger partial charge in [0.25, 0.3) is 0 Å². The van der Waals surface area contributed by atoms with Gasteiger partial charge in [-0.1, -0.05) is 30.7 Å². The number of imidazole rings is 1. The normalized spacial score (nSPS) is 18.8. The first-order valence-electron chi connectivity index (χ1n) is 7.23. The van der Waals surface area contributed by atoms with Crippen molar-refractivity contribution in [3.63, 3.8) is 0 Å². The molecule has 100 valence electrons. The molecule has 1 unspecified atom stereocenters. The third-order valence-electron chi connectivity index (χ3n) is 3.93. The fourth-order valence-corrected chi connectivity index (χ4v) is 2.93. The number of aromatic amines is 1. The number of aryl methyl sites for hydroxylation is 1. The molecule has 0 radical (unpaired) electrons. The van der Waals surface area contributed by atoms with E-state index in [0.29, 0.717) is 6.04 Å². The van der Waals surface area contributed by atoms with Gasteiger partial charge in [-0.15, -0.1) is 0 Å². The molecule has 1 aliphatic rings. The van der Waals surface area contributed by atoms with Crippen LogP contribution in [0.3, 0.4) is 0 Å². The van der Waals surface area contributed by atoms with Gasteiger partial charge in [-0.25, -0.2) is 4.98 Å². The molecule has 1 aromatic heterocycles. The quantitative estimate of drug-likeness (QED) is 0.825. The monoisotopic (exact) mass is 255 g/mol. The molecule has 0 amide bonds. The van der Waals surface area contributed by atoms with Gasteiger partial charge in [-0.3, -0.25) is 0 Å². The highest BCUT2D eigenvalue weighted by molar-refractivity contribution is 5.31. The predicted molar refractivity (Wildman–Crippen MR) is 77.0 cm³/mol. The lowest BCUT2D eigenvalue weighted by Crippen LogP contribution is -2.24. The Morgan fingerprint density at radius 3 is 3.11 bits per heavy atom. The highest BCUT2D eigenvalue weighted by atomic mass is 14.9. The summed E-state index contributed by atoms with van der Waals surface area (Å²) in [7, 11) is 0. The summed E-state index contributed by atoms with van der Waals surface area (Å²) >= 11 is 0. The predicted octanol–water partition coefficient (Wildman–Crippen LogP) is 3.01. The molecule has 0 fully saturated rings. The third-order valence-corrected chi connectivity index (χ3v) is 3.93. The lowest BCUT2D eigenvalue weighted by molar-refractivity contribution is 0.490. The first kappa shape index (κ1) is 12.4. The Kier molecular flexibility index (Phi) is 3.94. The number of hydrogen-bond donors (Lipinski definition) is 2. The summed E-state index contributed by atoms with van der Waals surface area (Å²) < 4.78 is 0. The van der Waals surface area contributed by atoms with Gasteiger partial charge in [0, 0.05) is 31.4 Å². The van der Waals surface area contributed by atoms with Gasteiger partial charge in [0.2, 0.25) is 0 Å². The molecule has 3 rings (SSSR count). The van der Waals surface area contributed by atoms with Crippen LogP contribution in [0.2, 0.25) is 0 Å². The molecule has 0 bridgehead atoms. The third kappa shape index (κ3) is 3.04. The molecule has 1 aromatic carbocycles. The molecule has 0 saturated heterocycles. The number of aromatic nitrogens is 2. The second kappa shape index (κ2) is 6.02. The summed E-state index contributed by atoms with van der Waals surface area (Å²) in [6, 6.07) is 9.39. The zero-order chi connectivity index (χ0) is 12.9. The molecule has 19 heavy (non-hydrogen) atoms. The Hall–Kier alpha value is -1.61. The van der Waals surface area contributed by atoms with Crippen molar-refractivity contribution in [2.45, 2.75) is 38.1 Å². The topological polar surface area (TPSA) is 40.7 Å². The number of nitrogens with zero attached hydrogens (tertiary/aromatic N) is 1. The Labute approximate surface area is 114 Å². The number of fused-ring (bicyclic) bond motifs is 1. The number of benzene rings is 1. The van der Waals surface area contributed by atoms with Crippen LogP contribution in [-0.2, 0) is 12.8 Å². The van der Waals surface area contributed by atoms with E-state index in [1.165, 1.54) is 36.8 Å². The molecule has 3 nitrogen and oxygen atoms in total. The zero-order valence-corrected chi connectivity index (χ0v) is 11.2. The van der Waals surface area contributed by atoms with E-state index in [1.807, 2.05) is 12.4 Å². The fraction of sp³-hybridized carbons (Fsp3) is 0.438. The smallest absolute Gasteiger partial charge is 0.107 e. The molecular weight excluding hydrogens is 234 g/mol. The highest BCUT2D eigenvalue weighted by Gasteiger charge is 2.17. The Morgan fingerprint density at radius 1 is 1.26 bits per heavy atom. The summed E-state index contributed by atoms with van der Waals surface area (Å²) in [5, 5.41) is 3.70. The number of H-pyrrole nitrogens is 1. The van der Waals surface area contributed by atoms with E-state index in [1.54, 1.807) is 0 Å². The van der Waals surface area contributed by atoms with Crippen molar-refractivity contribution in [3.8, 4) is 0 Å². The largest absolute Gasteiger partial charge is 0.349 e. The average molecular weight is 255 g/mol. The summed E-state index contributed by atoms with van der Waals surface area (Å²) in [5.74, 6) is 1.06. The van der Waals surface area contributed by atoms with Gasteiger partial charge >= 0.3 is 0 Å². The van der Waals surface area contributed by atoms with Crippen LogP contribution in [-0.4, -0.2) is 16.5 Å². The lowest BCUT2D eigenvalue weighted by atomic mass is 9.99. The lowest BCUT2D eigenvalue weighted by Gasteiger charge is -2.19. The van der Waals surface area contributed by atoms with Crippen LogP contribution in [0.25, 0.3) is 0 Å². The van der Waals surface area contributed by atoms with Crippen molar-refractivity contribution in [1.29, 1.82) is 0 Å². The Bertz CT molecular complexity index is 504. The number of nitrogens with one attached hydrogen (secondary N) is 2. The van der Waals surface area contributed by atoms with Crippen LogP contribution in [0, 0.1) is 0 Å². The van der Waals surface area contributed by atoms with Crippen molar-refractivity contribution >= 4 is 0 Å². The first-order valence-corrected chi connectivity index (χ1v) is 7.23. The number of hydrogen-bond acceptors (Lipinski definition) is 2. The molecule has 1 aliphatic carbocycles. The first-order chi connectivity index (χ1) is 9.43. The maximum Gasteiger partial charge on any atom is 0.107 e. The van der Waals surface area contributed by atoms with Crippen molar-refractivity contribution in [1.82, 2.24) is 15.3 Å². The van der Waals surface area contributed by atoms with Crippen molar-refractivity contribution in [2.75, 3.05) is 6.54 Å². The maximum atomic E-state index is 4.27. The molecule has 3 heteroatoms. The molecule has 0 aliphatic heterocycles. The Balaban J connectivity index is 1.63. The molecule has 2 aromatic rings. The molecule has 1 atom stereocenters. The van der Waals surface area contributed by atoms with Crippen LogP contribution < -0.4 is 5.32 Å². The van der Waals surface area contributed by atoms with Crippen LogP contribution in [0.1, 0.15) is 42.3 Å². The fourth-order valence-electron chi connectivity index (χ4n) is 2.93. The van der Waals surface area contributed by atoms with E-state index < -0.39 is 0 Å². The van der Waals surface area contributed by atoms with Crippen LogP contribution in [0.5, 0.6) is 0 Å². The van der Waals surface area contributed by atoms with E-state index >= 15 is 0 Å². The van der Waals surface area contributed by atoms with E-state index in [0.717, 1.165) is 18.8 Å². The van der Waals surface area contributed by atoms with Gasteiger partial charge in [0.1, 0.15) is 5.82 Å². The average Bonchev–Trinajstić information content (AvgIpc) is 2.87. The van der Waals surface area contributed by atoms with Crippen LogP contribution >= 0.6 is 0 Å². The van der Waals surface area contributed by atoms with Gasteiger partial charge in [-0.2, -0.15) is 0 Å². The van der Waals surface area contributed by atoms with Crippen molar-refractivity contribution in [2.24, 2.45) is 0 Å². The minimum absolute atomic E-state index is 0.508. The molecular formula is C16H21N3. The van der Waals surface area contributed by atoms with Crippen molar-refractivity contribution in [3.05, 3.63) is 53.6 Å². The minimum Gasteiger partial charge on any atom is -0.349 e. The van der Waals surface area contributed by atoms with Crippen LogP contribution in [0.4, 0.5) is 0 Å².